The summed E-state index contributed by atoms with van der Waals surface area (Å²) >= 11 is 1.63. The average molecular weight is 403 g/mol. The van der Waals surface area contributed by atoms with Crippen LogP contribution < -0.4 is 16.4 Å². The van der Waals surface area contributed by atoms with Crippen LogP contribution in [0.2, 0.25) is 0 Å². The highest BCUT2D eigenvalue weighted by Crippen LogP contribution is 2.13. The van der Waals surface area contributed by atoms with E-state index in [-0.39, 0.29) is 36.7 Å². The predicted molar refractivity (Wildman–Crippen MR) is 110 cm³/mol. The number of amides is 3. The number of thioether (sulfide) groups is 1. The Bertz CT molecular complexity index is 598. The summed E-state index contributed by atoms with van der Waals surface area (Å²) in [5.74, 6) is 0.135. The fourth-order valence-electron chi connectivity index (χ4n) is 2.16. The number of carbonyl (C=O) groups is 3. The van der Waals surface area contributed by atoms with Gasteiger partial charge in [0.1, 0.15) is 0 Å². The van der Waals surface area contributed by atoms with E-state index in [0.717, 1.165) is 5.75 Å². The summed E-state index contributed by atoms with van der Waals surface area (Å²) in [6.07, 6.45) is 2.54. The Labute approximate surface area is 164 Å². The topological polar surface area (TPSA) is 105 Å². The average Bonchev–Trinajstić information content (AvgIpc) is 2.58. The van der Waals surface area contributed by atoms with Crippen molar-refractivity contribution >= 4 is 53.3 Å². The highest BCUT2D eigenvalue weighted by Gasteiger charge is 2.21. The Kier molecular flexibility index (Phi) is 11.7. The van der Waals surface area contributed by atoms with E-state index < -0.39 is 6.04 Å². The Morgan fingerprint density at radius 2 is 1.69 bits per heavy atom. The van der Waals surface area contributed by atoms with Gasteiger partial charge in [0.25, 0.3) is 0 Å². The second kappa shape index (κ2) is 12.6. The number of nitrogens with one attached hydrogen (secondary N) is 2. The molecule has 1 rings (SSSR count). The van der Waals surface area contributed by atoms with Crippen LogP contribution in [0.1, 0.15) is 20.3 Å². The van der Waals surface area contributed by atoms with E-state index in [2.05, 4.69) is 10.6 Å². The molecule has 0 aliphatic rings. The molecular formula is C17H27ClN4O3S. The molecule has 0 spiro atoms. The van der Waals surface area contributed by atoms with E-state index >= 15 is 0 Å². The quantitative estimate of drug-likeness (QED) is 0.585. The molecule has 1 aromatic rings. The number of halogens is 1. The molecule has 1 unspecified atom stereocenters. The van der Waals surface area contributed by atoms with E-state index in [0.29, 0.717) is 24.3 Å². The van der Waals surface area contributed by atoms with Gasteiger partial charge in [-0.15, -0.1) is 12.4 Å². The largest absolute Gasteiger partial charge is 0.332 e. The first-order chi connectivity index (χ1) is 11.9. The van der Waals surface area contributed by atoms with Gasteiger partial charge < -0.3 is 21.3 Å². The van der Waals surface area contributed by atoms with Crippen LogP contribution in [0, 0.1) is 0 Å². The van der Waals surface area contributed by atoms with Gasteiger partial charge in [-0.2, -0.15) is 11.8 Å². The van der Waals surface area contributed by atoms with Crippen molar-refractivity contribution in [1.82, 2.24) is 4.90 Å². The minimum absolute atomic E-state index is 0. The summed E-state index contributed by atoms with van der Waals surface area (Å²) in [6.45, 7) is 3.61. The summed E-state index contributed by atoms with van der Waals surface area (Å²) < 4.78 is 0. The SMILES string of the molecule is CCN(CC(=O)Nc1ccc(NC(C)=O)cc1)C(=O)C(N)CCSC.Cl. The molecule has 0 aromatic heterocycles. The summed E-state index contributed by atoms with van der Waals surface area (Å²) in [6, 6.07) is 6.17. The number of rotatable bonds is 9. The second-order valence-corrected chi connectivity index (χ2v) is 6.53. The molecule has 3 amide bonds. The van der Waals surface area contributed by atoms with Crippen LogP contribution >= 0.6 is 24.2 Å². The van der Waals surface area contributed by atoms with Gasteiger partial charge in [-0.1, -0.05) is 0 Å². The van der Waals surface area contributed by atoms with E-state index in [1.165, 1.54) is 11.8 Å². The molecule has 0 bridgehead atoms. The molecule has 0 fully saturated rings. The first-order valence-corrected chi connectivity index (χ1v) is 9.47. The highest BCUT2D eigenvalue weighted by molar-refractivity contribution is 7.98. The minimum Gasteiger partial charge on any atom is -0.332 e. The molecule has 0 saturated heterocycles. The number of nitrogens with two attached hydrogens (primary N) is 1. The number of hydrogen-bond donors (Lipinski definition) is 3. The molecule has 1 atom stereocenters. The van der Waals surface area contributed by atoms with Gasteiger partial charge in [0, 0.05) is 24.8 Å². The molecule has 1 aromatic carbocycles. The fourth-order valence-corrected chi connectivity index (χ4v) is 2.65. The van der Waals surface area contributed by atoms with Crippen molar-refractivity contribution in [3.05, 3.63) is 24.3 Å². The van der Waals surface area contributed by atoms with Crippen LogP contribution in [0.25, 0.3) is 0 Å². The molecule has 146 valence electrons. The van der Waals surface area contributed by atoms with Gasteiger partial charge in [-0.05, 0) is 49.6 Å². The Morgan fingerprint density at radius 3 is 2.15 bits per heavy atom. The second-order valence-electron chi connectivity index (χ2n) is 5.55. The number of nitrogens with zero attached hydrogens (tertiary/aromatic N) is 1. The van der Waals surface area contributed by atoms with E-state index in [1.807, 2.05) is 13.2 Å². The lowest BCUT2D eigenvalue weighted by molar-refractivity contribution is -0.135. The fraction of sp³-hybridized carbons (Fsp3) is 0.471. The van der Waals surface area contributed by atoms with Crippen LogP contribution in [0.15, 0.2) is 24.3 Å². The molecule has 0 aliphatic heterocycles. The van der Waals surface area contributed by atoms with Gasteiger partial charge in [-0.25, -0.2) is 0 Å². The third-order valence-corrected chi connectivity index (χ3v) is 4.11. The van der Waals surface area contributed by atoms with Crippen LogP contribution in [0.3, 0.4) is 0 Å². The zero-order valence-electron chi connectivity index (χ0n) is 15.3. The maximum absolute atomic E-state index is 12.3. The standard InChI is InChI=1S/C17H26N4O3S.ClH/c1-4-21(17(24)15(18)9-10-25-3)11-16(23)20-14-7-5-13(6-8-14)19-12(2)22;/h5-8,15H,4,9-11,18H2,1-3H3,(H,19,22)(H,20,23);1H. The molecule has 4 N–H and O–H groups in total. The molecule has 0 heterocycles. The van der Waals surface area contributed by atoms with Gasteiger partial charge in [0.15, 0.2) is 0 Å². The van der Waals surface area contributed by atoms with Crippen LogP contribution in [0.4, 0.5) is 11.4 Å². The molecule has 26 heavy (non-hydrogen) atoms. The molecule has 0 radical (unpaired) electrons. The lowest BCUT2D eigenvalue weighted by Crippen LogP contribution is -2.46. The zero-order valence-corrected chi connectivity index (χ0v) is 16.9. The van der Waals surface area contributed by atoms with Crippen molar-refractivity contribution in [3.63, 3.8) is 0 Å². The minimum atomic E-state index is -0.586. The molecule has 0 aliphatic carbocycles. The summed E-state index contributed by atoms with van der Waals surface area (Å²) in [5, 5.41) is 5.38. The van der Waals surface area contributed by atoms with Crippen LogP contribution in [0.5, 0.6) is 0 Å². The lowest BCUT2D eigenvalue weighted by atomic mass is 10.2. The zero-order chi connectivity index (χ0) is 18.8. The maximum atomic E-state index is 12.3. The predicted octanol–water partition coefficient (Wildman–Crippen LogP) is 1.93. The molecule has 9 heteroatoms. The number of benzene rings is 1. The summed E-state index contributed by atoms with van der Waals surface area (Å²) in [7, 11) is 0. The Balaban J connectivity index is 0.00000625. The first-order valence-electron chi connectivity index (χ1n) is 8.08. The van der Waals surface area contributed by atoms with Crippen molar-refractivity contribution in [2.45, 2.75) is 26.3 Å². The smallest absolute Gasteiger partial charge is 0.243 e. The van der Waals surface area contributed by atoms with E-state index in [4.69, 9.17) is 5.73 Å². The van der Waals surface area contributed by atoms with Gasteiger partial charge >= 0.3 is 0 Å². The van der Waals surface area contributed by atoms with Crippen LogP contribution in [-0.4, -0.2) is 53.8 Å². The van der Waals surface area contributed by atoms with Crippen molar-refractivity contribution in [2.24, 2.45) is 5.73 Å². The Hall–Kier alpha value is -1.77. The number of anilines is 2. The highest BCUT2D eigenvalue weighted by atomic mass is 35.5. The van der Waals surface area contributed by atoms with Crippen LogP contribution in [-0.2, 0) is 14.4 Å². The molecule has 0 saturated carbocycles. The summed E-state index contributed by atoms with van der Waals surface area (Å²) in [4.78, 5) is 36.9. The first kappa shape index (κ1) is 24.2. The van der Waals surface area contributed by atoms with Gasteiger partial charge in [-0.3, -0.25) is 14.4 Å². The summed E-state index contributed by atoms with van der Waals surface area (Å²) in [5.41, 5.74) is 7.13. The van der Waals surface area contributed by atoms with Crippen molar-refractivity contribution < 1.29 is 14.4 Å². The third kappa shape index (κ3) is 8.55. The lowest BCUT2D eigenvalue weighted by Gasteiger charge is -2.23. The van der Waals surface area contributed by atoms with E-state index in [9.17, 15) is 14.4 Å². The number of carbonyl (C=O) groups excluding carboxylic acids is 3. The van der Waals surface area contributed by atoms with Crippen molar-refractivity contribution in [2.75, 3.05) is 35.7 Å². The van der Waals surface area contributed by atoms with Crippen molar-refractivity contribution in [3.8, 4) is 0 Å². The van der Waals surface area contributed by atoms with Gasteiger partial charge in [0.2, 0.25) is 17.7 Å². The number of hydrogen-bond acceptors (Lipinski definition) is 5. The maximum Gasteiger partial charge on any atom is 0.243 e. The van der Waals surface area contributed by atoms with E-state index in [1.54, 1.807) is 36.0 Å². The number of likely N-dealkylation sites (N-methyl/N-ethyl adjacent to an activating group) is 1. The molecular weight excluding hydrogens is 376 g/mol. The Morgan fingerprint density at radius 1 is 1.15 bits per heavy atom. The monoisotopic (exact) mass is 402 g/mol. The molecule has 7 nitrogen and oxygen atoms in total. The normalized spacial score (nSPS) is 11.1. The van der Waals surface area contributed by atoms with Crippen molar-refractivity contribution in [1.29, 1.82) is 0 Å². The third-order valence-electron chi connectivity index (χ3n) is 3.47. The van der Waals surface area contributed by atoms with Gasteiger partial charge in [0.05, 0.1) is 12.6 Å².